The van der Waals surface area contributed by atoms with E-state index < -0.39 is 11.9 Å². The number of hydrogen-bond donors (Lipinski definition) is 1. The van der Waals surface area contributed by atoms with Crippen molar-refractivity contribution in [3.8, 4) is 22.4 Å². The van der Waals surface area contributed by atoms with Gasteiger partial charge in [-0.3, -0.25) is 14.9 Å². The summed E-state index contributed by atoms with van der Waals surface area (Å²) >= 11 is 1.33. The molecule has 0 aliphatic heterocycles. The van der Waals surface area contributed by atoms with Crippen molar-refractivity contribution in [1.29, 1.82) is 0 Å². The normalized spacial score (nSPS) is 10.7. The van der Waals surface area contributed by atoms with Crippen molar-refractivity contribution in [3.05, 3.63) is 108 Å². The van der Waals surface area contributed by atoms with Crippen LogP contribution in [0.2, 0.25) is 0 Å². The first-order valence-corrected chi connectivity index (χ1v) is 12.1. The molecule has 0 saturated heterocycles. The zero-order valence-electron chi connectivity index (χ0n) is 18.8. The van der Waals surface area contributed by atoms with Gasteiger partial charge in [0.05, 0.1) is 12.1 Å². The van der Waals surface area contributed by atoms with Crippen molar-refractivity contribution in [1.82, 2.24) is 4.98 Å². The third kappa shape index (κ3) is 5.45. The minimum Gasteiger partial charge on any atom is -0.455 e. The van der Waals surface area contributed by atoms with E-state index in [1.165, 1.54) is 11.3 Å². The number of rotatable bonds is 7. The number of aromatic nitrogens is 1. The van der Waals surface area contributed by atoms with E-state index in [1.54, 1.807) is 0 Å². The largest absolute Gasteiger partial charge is 0.455 e. The Morgan fingerprint density at radius 3 is 2.29 bits per heavy atom. The Balaban J connectivity index is 1.15. The summed E-state index contributed by atoms with van der Waals surface area (Å²) in [6, 6.07) is 32.0. The number of carbonyl (C=O) groups is 2. The van der Waals surface area contributed by atoms with E-state index in [9.17, 15) is 9.59 Å². The van der Waals surface area contributed by atoms with Crippen molar-refractivity contribution >= 4 is 39.1 Å². The highest BCUT2D eigenvalue weighted by molar-refractivity contribution is 7.14. The van der Waals surface area contributed by atoms with E-state index in [2.05, 4.69) is 34.6 Å². The predicted molar refractivity (Wildman–Crippen MR) is 140 cm³/mol. The Bertz CT molecular complexity index is 1470. The highest BCUT2D eigenvalue weighted by atomic mass is 32.1. The van der Waals surface area contributed by atoms with Crippen molar-refractivity contribution in [2.75, 3.05) is 11.9 Å². The van der Waals surface area contributed by atoms with Gasteiger partial charge >= 0.3 is 5.97 Å². The van der Waals surface area contributed by atoms with Crippen LogP contribution in [0.1, 0.15) is 5.56 Å². The standard InChI is InChI=1S/C29H22N2O3S/c32-27(18-34-28(33)17-24-11-6-10-22-9-4-5-12-25(22)24)31-29-30-26(19-35-29)23-15-13-21(14-16-23)20-7-2-1-3-8-20/h1-16,19H,17-18H2,(H,30,31,32). The van der Waals surface area contributed by atoms with E-state index in [0.717, 1.165) is 38.7 Å². The molecule has 5 rings (SSSR count). The molecule has 0 radical (unpaired) electrons. The maximum atomic E-state index is 12.3. The molecule has 35 heavy (non-hydrogen) atoms. The number of nitrogens with one attached hydrogen (secondary N) is 1. The third-order valence-electron chi connectivity index (χ3n) is 5.62. The van der Waals surface area contributed by atoms with Crippen LogP contribution in [0.4, 0.5) is 5.13 Å². The first kappa shape index (κ1) is 22.5. The zero-order valence-corrected chi connectivity index (χ0v) is 19.6. The van der Waals surface area contributed by atoms with E-state index in [4.69, 9.17) is 4.74 Å². The zero-order chi connectivity index (χ0) is 24.0. The molecule has 1 heterocycles. The quantitative estimate of drug-likeness (QED) is 0.277. The number of esters is 1. The van der Waals surface area contributed by atoms with Crippen LogP contribution in [-0.2, 0) is 20.7 Å². The maximum Gasteiger partial charge on any atom is 0.310 e. The summed E-state index contributed by atoms with van der Waals surface area (Å²) < 4.78 is 5.20. The fourth-order valence-corrected chi connectivity index (χ4v) is 4.62. The molecular weight excluding hydrogens is 456 g/mol. The smallest absolute Gasteiger partial charge is 0.310 e. The van der Waals surface area contributed by atoms with Gasteiger partial charge in [0.1, 0.15) is 0 Å². The lowest BCUT2D eigenvalue weighted by atomic mass is 10.0. The van der Waals surface area contributed by atoms with Crippen LogP contribution in [-0.4, -0.2) is 23.5 Å². The molecule has 5 nitrogen and oxygen atoms in total. The van der Waals surface area contributed by atoms with Crippen LogP contribution in [0.15, 0.2) is 102 Å². The molecule has 6 heteroatoms. The lowest BCUT2D eigenvalue weighted by Gasteiger charge is -2.07. The lowest BCUT2D eigenvalue weighted by molar-refractivity contribution is -0.146. The molecule has 0 aliphatic rings. The van der Waals surface area contributed by atoms with Crippen LogP contribution in [0.5, 0.6) is 0 Å². The van der Waals surface area contributed by atoms with Gasteiger partial charge in [0.2, 0.25) is 0 Å². The topological polar surface area (TPSA) is 68.3 Å². The second-order valence-corrected chi connectivity index (χ2v) is 8.86. The molecule has 172 valence electrons. The minimum absolute atomic E-state index is 0.106. The van der Waals surface area contributed by atoms with Crippen LogP contribution in [0, 0.1) is 0 Å². The number of nitrogens with zero attached hydrogens (tertiary/aromatic N) is 1. The summed E-state index contributed by atoms with van der Waals surface area (Å²) in [4.78, 5) is 29.1. The molecule has 1 aromatic heterocycles. The first-order valence-electron chi connectivity index (χ1n) is 11.2. The van der Waals surface area contributed by atoms with Crippen molar-refractivity contribution in [3.63, 3.8) is 0 Å². The maximum absolute atomic E-state index is 12.3. The van der Waals surface area contributed by atoms with Crippen molar-refractivity contribution in [2.24, 2.45) is 0 Å². The van der Waals surface area contributed by atoms with Gasteiger partial charge in [-0.15, -0.1) is 11.3 Å². The first-order chi connectivity index (χ1) is 17.2. The molecule has 0 spiro atoms. The molecule has 1 N–H and O–H groups in total. The number of anilines is 1. The predicted octanol–water partition coefficient (Wildman–Crippen LogP) is 6.35. The van der Waals surface area contributed by atoms with E-state index >= 15 is 0 Å². The number of ether oxygens (including phenoxy) is 1. The van der Waals surface area contributed by atoms with Gasteiger partial charge in [-0.1, -0.05) is 97.1 Å². The highest BCUT2D eigenvalue weighted by Gasteiger charge is 2.13. The van der Waals surface area contributed by atoms with E-state index in [0.29, 0.717) is 5.13 Å². The summed E-state index contributed by atoms with van der Waals surface area (Å²) in [6.07, 6.45) is 0.106. The van der Waals surface area contributed by atoms with Gasteiger partial charge in [-0.2, -0.15) is 0 Å². The Morgan fingerprint density at radius 2 is 1.46 bits per heavy atom. The summed E-state index contributed by atoms with van der Waals surface area (Å²) in [5, 5.41) is 7.12. The number of fused-ring (bicyclic) bond motifs is 1. The fraction of sp³-hybridized carbons (Fsp3) is 0.0690. The van der Waals surface area contributed by atoms with Crippen LogP contribution in [0.25, 0.3) is 33.2 Å². The van der Waals surface area contributed by atoms with Crippen LogP contribution in [0.3, 0.4) is 0 Å². The summed E-state index contributed by atoms with van der Waals surface area (Å²) in [5.74, 6) is -0.869. The molecule has 4 aromatic carbocycles. The Morgan fingerprint density at radius 1 is 0.771 bits per heavy atom. The van der Waals surface area contributed by atoms with Gasteiger partial charge in [-0.05, 0) is 27.5 Å². The van der Waals surface area contributed by atoms with E-state index in [1.807, 2.05) is 78.2 Å². The van der Waals surface area contributed by atoms with Gasteiger partial charge < -0.3 is 4.74 Å². The number of benzene rings is 4. The summed E-state index contributed by atoms with van der Waals surface area (Å²) in [5.41, 5.74) is 4.89. The third-order valence-corrected chi connectivity index (χ3v) is 6.38. The average Bonchev–Trinajstić information content (AvgIpc) is 3.37. The number of hydrogen-bond acceptors (Lipinski definition) is 5. The van der Waals surface area contributed by atoms with Crippen LogP contribution < -0.4 is 5.32 Å². The second kappa shape index (κ2) is 10.3. The minimum atomic E-state index is -0.449. The molecule has 0 aliphatic carbocycles. The van der Waals surface area contributed by atoms with Gasteiger partial charge in [0.15, 0.2) is 11.7 Å². The SMILES string of the molecule is O=C(COC(=O)Cc1cccc2ccccc12)Nc1nc(-c2ccc(-c3ccccc3)cc2)cs1. The van der Waals surface area contributed by atoms with Crippen LogP contribution >= 0.6 is 11.3 Å². The molecule has 0 fully saturated rings. The van der Waals surface area contributed by atoms with Gasteiger partial charge in [-0.25, -0.2) is 4.98 Å². The molecule has 1 amide bonds. The van der Waals surface area contributed by atoms with Gasteiger partial charge in [0.25, 0.3) is 5.91 Å². The molecule has 0 bridgehead atoms. The molecule has 0 unspecified atom stereocenters. The second-order valence-electron chi connectivity index (χ2n) is 8.01. The summed E-state index contributed by atoms with van der Waals surface area (Å²) in [7, 11) is 0. The summed E-state index contributed by atoms with van der Waals surface area (Å²) in [6.45, 7) is -0.357. The molecular formula is C29H22N2O3S. The number of carbonyl (C=O) groups excluding carboxylic acids is 2. The monoisotopic (exact) mass is 478 g/mol. The lowest BCUT2D eigenvalue weighted by Crippen LogP contribution is -2.21. The van der Waals surface area contributed by atoms with Gasteiger partial charge in [0, 0.05) is 10.9 Å². The highest BCUT2D eigenvalue weighted by Crippen LogP contribution is 2.27. The van der Waals surface area contributed by atoms with Crippen molar-refractivity contribution < 1.29 is 14.3 Å². The Hall–Kier alpha value is -4.29. The van der Waals surface area contributed by atoms with Crippen molar-refractivity contribution in [2.45, 2.75) is 6.42 Å². The number of thiazole rings is 1. The Labute approximate surface area is 207 Å². The molecule has 0 saturated carbocycles. The number of amides is 1. The fourth-order valence-electron chi connectivity index (χ4n) is 3.88. The Kier molecular flexibility index (Phi) is 6.63. The van der Waals surface area contributed by atoms with E-state index in [-0.39, 0.29) is 13.0 Å². The molecule has 5 aromatic rings. The molecule has 0 atom stereocenters. The average molecular weight is 479 g/mol.